The molecule has 1 aromatic heterocycles. The Morgan fingerprint density at radius 3 is 2.90 bits per heavy atom. The number of carbonyl (C=O) groups is 1. The molecule has 9 nitrogen and oxygen atoms in total. The van der Waals surface area contributed by atoms with Gasteiger partial charge in [0.05, 0.1) is 11.3 Å². The second-order valence-electron chi connectivity index (χ2n) is 3.70. The first-order valence-corrected chi connectivity index (χ1v) is 5.43. The van der Waals surface area contributed by atoms with Gasteiger partial charge in [-0.15, -0.1) is 0 Å². The lowest BCUT2D eigenvalue weighted by atomic mass is 10.2. The maximum Gasteiger partial charge on any atom is 0.490 e. The van der Waals surface area contributed by atoms with Gasteiger partial charge in [-0.05, 0) is 17.1 Å². The van der Waals surface area contributed by atoms with E-state index in [1.807, 2.05) is 6.07 Å². The van der Waals surface area contributed by atoms with Crippen LogP contribution in [0, 0.1) is 21.4 Å². The second-order valence-corrected chi connectivity index (χ2v) is 3.70. The fourth-order valence-corrected chi connectivity index (χ4v) is 1.47. The van der Waals surface area contributed by atoms with Crippen molar-refractivity contribution in [3.63, 3.8) is 0 Å². The second kappa shape index (κ2) is 5.57. The molecule has 2 aromatic rings. The monoisotopic (exact) mass is 272 g/mol. The summed E-state index contributed by atoms with van der Waals surface area (Å²) < 4.78 is 1.04. The van der Waals surface area contributed by atoms with Crippen molar-refractivity contribution in [2.75, 3.05) is 5.32 Å². The highest BCUT2D eigenvalue weighted by Crippen LogP contribution is 2.13. The maximum absolute atomic E-state index is 11.8. The molecule has 1 N–H and O–H groups in total. The molecule has 0 atom stereocenters. The van der Waals surface area contributed by atoms with Gasteiger partial charge in [0.15, 0.2) is 0 Å². The Labute approximate surface area is 112 Å². The zero-order chi connectivity index (χ0) is 14.5. The van der Waals surface area contributed by atoms with Crippen LogP contribution in [-0.2, 0) is 11.3 Å². The molecule has 0 bridgehead atoms. The predicted molar refractivity (Wildman–Crippen MR) is 66.5 cm³/mol. The van der Waals surface area contributed by atoms with E-state index in [9.17, 15) is 14.9 Å². The van der Waals surface area contributed by atoms with Gasteiger partial charge in [-0.25, -0.2) is 0 Å². The minimum Gasteiger partial charge on any atom is -0.390 e. The molecule has 0 aliphatic rings. The van der Waals surface area contributed by atoms with Gasteiger partial charge >= 0.3 is 5.95 Å². The highest BCUT2D eigenvalue weighted by atomic mass is 16.6. The number of amides is 1. The van der Waals surface area contributed by atoms with E-state index in [-0.39, 0.29) is 6.54 Å². The number of nitriles is 1. The number of hydrogen-bond acceptors (Lipinski definition) is 6. The molecule has 1 amide bonds. The number of rotatable bonds is 4. The number of nitro groups is 1. The number of nitrogens with zero attached hydrogens (tertiary/aromatic N) is 5. The van der Waals surface area contributed by atoms with Gasteiger partial charge in [0.1, 0.15) is 12.6 Å². The molecule has 0 radical (unpaired) electrons. The number of para-hydroxylation sites is 1. The van der Waals surface area contributed by atoms with Gasteiger partial charge in [-0.3, -0.25) is 4.79 Å². The number of hydrogen-bond donors (Lipinski definition) is 1. The lowest BCUT2D eigenvalue weighted by molar-refractivity contribution is -0.394. The van der Waals surface area contributed by atoms with Crippen molar-refractivity contribution in [1.29, 1.82) is 5.26 Å². The Kier molecular flexibility index (Phi) is 3.67. The Morgan fingerprint density at radius 1 is 1.50 bits per heavy atom. The molecule has 2 rings (SSSR count). The predicted octanol–water partition coefficient (Wildman–Crippen LogP) is 0.697. The molecule has 0 aliphatic heterocycles. The van der Waals surface area contributed by atoms with E-state index in [0.717, 1.165) is 11.0 Å². The van der Waals surface area contributed by atoms with Crippen molar-refractivity contribution in [1.82, 2.24) is 14.8 Å². The quantitative estimate of drug-likeness (QED) is 0.644. The van der Waals surface area contributed by atoms with Crippen LogP contribution in [0.1, 0.15) is 5.56 Å². The minimum atomic E-state index is -0.751. The van der Waals surface area contributed by atoms with Crippen molar-refractivity contribution in [3.8, 4) is 6.07 Å². The molecule has 0 saturated carbocycles. The molecular weight excluding hydrogens is 264 g/mol. The highest BCUT2D eigenvalue weighted by molar-refractivity contribution is 5.91. The van der Waals surface area contributed by atoms with Crippen LogP contribution in [0.5, 0.6) is 0 Å². The highest BCUT2D eigenvalue weighted by Gasteiger charge is 2.15. The fraction of sp³-hybridized carbons (Fsp3) is 0.0909. The number of benzene rings is 1. The smallest absolute Gasteiger partial charge is 0.390 e. The van der Waals surface area contributed by atoms with Crippen molar-refractivity contribution in [2.24, 2.45) is 0 Å². The zero-order valence-electron chi connectivity index (χ0n) is 10.1. The van der Waals surface area contributed by atoms with Gasteiger partial charge in [0, 0.05) is 5.10 Å². The number of aromatic nitrogens is 3. The summed E-state index contributed by atoms with van der Waals surface area (Å²) in [6.07, 6.45) is 1.09. The third-order valence-corrected chi connectivity index (χ3v) is 2.31. The lowest BCUT2D eigenvalue weighted by Crippen LogP contribution is -2.19. The van der Waals surface area contributed by atoms with E-state index >= 15 is 0 Å². The molecular formula is C11H8N6O3. The van der Waals surface area contributed by atoms with Crippen LogP contribution in [0.2, 0.25) is 0 Å². The molecule has 0 saturated heterocycles. The van der Waals surface area contributed by atoms with E-state index in [1.54, 1.807) is 24.3 Å². The van der Waals surface area contributed by atoms with Gasteiger partial charge < -0.3 is 15.4 Å². The Balaban J connectivity index is 2.05. The van der Waals surface area contributed by atoms with E-state index in [2.05, 4.69) is 15.4 Å². The van der Waals surface area contributed by atoms with Gasteiger partial charge in [0.2, 0.25) is 12.2 Å². The third-order valence-electron chi connectivity index (χ3n) is 2.31. The summed E-state index contributed by atoms with van der Waals surface area (Å²) in [6, 6.07) is 8.45. The molecule has 0 fully saturated rings. The minimum absolute atomic E-state index is 0.236. The summed E-state index contributed by atoms with van der Waals surface area (Å²) in [7, 11) is 0. The molecule has 1 heterocycles. The molecule has 9 heteroatoms. The van der Waals surface area contributed by atoms with E-state index in [4.69, 9.17) is 5.26 Å². The number of nitrogens with one attached hydrogen (secondary N) is 1. The van der Waals surface area contributed by atoms with Gasteiger partial charge in [0.25, 0.3) is 0 Å². The molecule has 0 spiro atoms. The van der Waals surface area contributed by atoms with E-state index in [0.29, 0.717) is 11.3 Å². The summed E-state index contributed by atoms with van der Waals surface area (Å²) in [5.74, 6) is -1.04. The first-order chi connectivity index (χ1) is 9.60. The van der Waals surface area contributed by atoms with Crippen LogP contribution in [0.15, 0.2) is 30.6 Å². The molecule has 1 aromatic carbocycles. The normalized spacial score (nSPS) is 9.75. The van der Waals surface area contributed by atoms with Gasteiger partial charge in [-0.2, -0.15) is 9.94 Å². The van der Waals surface area contributed by atoms with Crippen molar-refractivity contribution in [2.45, 2.75) is 6.54 Å². The van der Waals surface area contributed by atoms with Crippen molar-refractivity contribution < 1.29 is 9.72 Å². The maximum atomic E-state index is 11.8. The van der Waals surface area contributed by atoms with Crippen molar-refractivity contribution >= 4 is 17.5 Å². The average molecular weight is 272 g/mol. The van der Waals surface area contributed by atoms with Crippen LogP contribution >= 0.6 is 0 Å². The van der Waals surface area contributed by atoms with Gasteiger partial charge in [-0.1, -0.05) is 17.1 Å². The summed E-state index contributed by atoms with van der Waals surface area (Å²) in [4.78, 5) is 24.8. The Bertz CT molecular complexity index is 702. The largest absolute Gasteiger partial charge is 0.490 e. The van der Waals surface area contributed by atoms with Crippen molar-refractivity contribution in [3.05, 3.63) is 46.3 Å². The first-order valence-electron chi connectivity index (χ1n) is 5.43. The number of anilines is 1. The van der Waals surface area contributed by atoms with Crippen LogP contribution in [0.4, 0.5) is 11.6 Å². The fourth-order valence-electron chi connectivity index (χ4n) is 1.47. The number of carbonyl (C=O) groups excluding carboxylic acids is 1. The average Bonchev–Trinajstić information content (AvgIpc) is 2.88. The van der Waals surface area contributed by atoms with E-state index < -0.39 is 16.8 Å². The van der Waals surface area contributed by atoms with Crippen LogP contribution in [0.25, 0.3) is 0 Å². The summed E-state index contributed by atoms with van der Waals surface area (Å²) in [5, 5.41) is 25.3. The standard InChI is InChI=1S/C11H8N6O3/c12-5-8-3-1-2-4-9(8)14-10(18)6-16-7-13-11(15-16)17(19)20/h1-4,7H,6H2,(H,14,18). The molecule has 0 aliphatic carbocycles. The van der Waals surface area contributed by atoms with Crippen LogP contribution in [0.3, 0.4) is 0 Å². The van der Waals surface area contributed by atoms with E-state index in [1.165, 1.54) is 0 Å². The summed E-state index contributed by atoms with van der Waals surface area (Å²) in [6.45, 7) is -0.236. The first kappa shape index (κ1) is 13.2. The third kappa shape index (κ3) is 2.94. The SMILES string of the molecule is N#Cc1ccccc1NC(=O)Cn1cnc([N+](=O)[O-])n1. The van der Waals surface area contributed by atoms with Crippen LogP contribution in [-0.4, -0.2) is 25.6 Å². The van der Waals surface area contributed by atoms with Crippen LogP contribution < -0.4 is 5.32 Å². The molecule has 20 heavy (non-hydrogen) atoms. The molecule has 0 unspecified atom stereocenters. The Morgan fingerprint density at radius 2 is 2.25 bits per heavy atom. The topological polar surface area (TPSA) is 127 Å². The lowest BCUT2D eigenvalue weighted by Gasteiger charge is -2.05. The molecule has 100 valence electrons. The summed E-state index contributed by atoms with van der Waals surface area (Å²) >= 11 is 0. The zero-order valence-corrected chi connectivity index (χ0v) is 10.1. The Hall–Kier alpha value is -3.28. The summed E-state index contributed by atoms with van der Waals surface area (Å²) in [5.41, 5.74) is 0.694.